The molecule has 6 nitrogen and oxygen atoms in total. The zero-order chi connectivity index (χ0) is 16.3. The highest BCUT2D eigenvalue weighted by atomic mass is 19.4. The van der Waals surface area contributed by atoms with E-state index in [1.165, 1.54) is 24.3 Å². The maximum absolute atomic E-state index is 12.4. The van der Waals surface area contributed by atoms with Gasteiger partial charge in [-0.05, 0) is 12.1 Å². The van der Waals surface area contributed by atoms with Gasteiger partial charge < -0.3 is 9.15 Å². The van der Waals surface area contributed by atoms with Crippen LogP contribution in [0, 0.1) is 0 Å². The summed E-state index contributed by atoms with van der Waals surface area (Å²) in [7, 11) is 0. The lowest BCUT2D eigenvalue weighted by atomic mass is 10.2. The average Bonchev–Trinajstić information content (AvgIpc) is 2.87. The molecule has 0 unspecified atom stereocenters. The highest BCUT2D eigenvalue weighted by Gasteiger charge is 2.35. The van der Waals surface area contributed by atoms with Gasteiger partial charge in [0, 0.05) is 6.92 Å². The first-order valence-electron chi connectivity index (χ1n) is 5.89. The summed E-state index contributed by atoms with van der Waals surface area (Å²) in [4.78, 5) is 26.0. The summed E-state index contributed by atoms with van der Waals surface area (Å²) in [5.41, 5.74) is -1.32. The van der Waals surface area contributed by atoms with Crippen molar-refractivity contribution >= 4 is 17.9 Å². The quantitative estimate of drug-likeness (QED) is 0.696. The van der Waals surface area contributed by atoms with Crippen molar-refractivity contribution in [3.8, 4) is 5.75 Å². The lowest BCUT2D eigenvalue weighted by molar-refractivity contribution is -0.141. The monoisotopic (exact) mass is 314 g/mol. The molecule has 9 heteroatoms. The van der Waals surface area contributed by atoms with E-state index in [1.54, 1.807) is 0 Å². The van der Waals surface area contributed by atoms with Crippen LogP contribution in [-0.2, 0) is 11.0 Å². The average molecular weight is 314 g/mol. The van der Waals surface area contributed by atoms with Crippen LogP contribution in [0.3, 0.4) is 0 Å². The van der Waals surface area contributed by atoms with Gasteiger partial charge in [0.15, 0.2) is 5.69 Å². The maximum Gasteiger partial charge on any atom is 0.436 e. The largest absolute Gasteiger partial charge is 0.436 e. The Bertz CT molecular complexity index is 709. The number of esters is 1. The predicted molar refractivity (Wildman–Crippen MR) is 67.2 cm³/mol. The number of rotatable bonds is 3. The molecular weight excluding hydrogens is 305 g/mol. The van der Waals surface area contributed by atoms with E-state index in [0.717, 1.165) is 6.92 Å². The van der Waals surface area contributed by atoms with Gasteiger partial charge in [-0.2, -0.15) is 18.2 Å². The molecule has 1 N–H and O–H groups in total. The van der Waals surface area contributed by atoms with E-state index >= 15 is 0 Å². The Hall–Kier alpha value is -2.84. The van der Waals surface area contributed by atoms with E-state index in [-0.39, 0.29) is 11.3 Å². The van der Waals surface area contributed by atoms with Crippen LogP contribution in [0.5, 0.6) is 5.75 Å². The molecule has 1 aromatic carbocycles. The molecule has 1 heterocycles. The van der Waals surface area contributed by atoms with Crippen LogP contribution >= 0.6 is 0 Å². The number of anilines is 1. The van der Waals surface area contributed by atoms with Crippen molar-refractivity contribution in [2.24, 2.45) is 0 Å². The number of hydrogen-bond acceptors (Lipinski definition) is 5. The van der Waals surface area contributed by atoms with E-state index in [4.69, 9.17) is 4.74 Å². The Balaban J connectivity index is 2.19. The summed E-state index contributed by atoms with van der Waals surface area (Å²) >= 11 is 0. The van der Waals surface area contributed by atoms with Crippen molar-refractivity contribution in [1.29, 1.82) is 0 Å². The van der Waals surface area contributed by atoms with Gasteiger partial charge in [-0.25, -0.2) is 0 Å². The molecule has 0 aliphatic rings. The van der Waals surface area contributed by atoms with Crippen molar-refractivity contribution in [2.45, 2.75) is 13.1 Å². The van der Waals surface area contributed by atoms with Crippen LogP contribution in [0.15, 0.2) is 34.9 Å². The third kappa shape index (κ3) is 3.62. The second-order valence-corrected chi connectivity index (χ2v) is 4.08. The van der Waals surface area contributed by atoms with E-state index in [0.29, 0.717) is 6.26 Å². The number of halogens is 3. The number of hydrogen-bond donors (Lipinski definition) is 1. The molecule has 0 saturated heterocycles. The van der Waals surface area contributed by atoms with Crippen LogP contribution in [0.4, 0.5) is 19.2 Å². The number of ether oxygens (including phenoxy) is 1. The molecule has 116 valence electrons. The lowest BCUT2D eigenvalue weighted by Gasteiger charge is -2.07. The first-order chi connectivity index (χ1) is 10.3. The Kier molecular flexibility index (Phi) is 4.15. The third-order valence-electron chi connectivity index (χ3n) is 2.40. The fraction of sp³-hybridized carbons (Fsp3) is 0.154. The zero-order valence-electron chi connectivity index (χ0n) is 11.1. The number of alkyl halides is 3. The van der Waals surface area contributed by atoms with Gasteiger partial charge in [-0.3, -0.25) is 14.9 Å². The fourth-order valence-electron chi connectivity index (χ4n) is 1.52. The zero-order valence-corrected chi connectivity index (χ0v) is 11.1. The molecule has 0 fully saturated rings. The predicted octanol–water partition coefficient (Wildman–Crippen LogP) is 2.87. The molecule has 0 atom stereocenters. The highest BCUT2D eigenvalue weighted by Crippen LogP contribution is 2.29. The Morgan fingerprint density at radius 1 is 1.27 bits per heavy atom. The molecular formula is C13H9F3N2O4. The molecule has 1 amide bonds. The first-order valence-corrected chi connectivity index (χ1v) is 5.89. The van der Waals surface area contributed by atoms with Gasteiger partial charge >= 0.3 is 18.2 Å². The Labute approximate surface area is 121 Å². The minimum absolute atomic E-state index is 0.0323. The van der Waals surface area contributed by atoms with E-state index in [2.05, 4.69) is 14.7 Å². The number of amides is 1. The van der Waals surface area contributed by atoms with Gasteiger partial charge in [0.2, 0.25) is 0 Å². The summed E-state index contributed by atoms with van der Waals surface area (Å²) < 4.78 is 46.5. The maximum atomic E-state index is 12.4. The van der Waals surface area contributed by atoms with Crippen LogP contribution < -0.4 is 10.1 Å². The number of carbonyl (C=O) groups is 2. The molecule has 2 aromatic rings. The lowest BCUT2D eigenvalue weighted by Crippen LogP contribution is -2.15. The molecule has 0 aliphatic heterocycles. The standard InChI is InChI=1S/C13H9F3N2O4/c1-7(19)22-9-5-3-2-4-8(9)11(20)18-12-17-10(6-21-12)13(14,15)16/h2-6H,1H3,(H,17,18,20). The molecule has 0 saturated carbocycles. The van der Waals surface area contributed by atoms with Crippen LogP contribution in [-0.4, -0.2) is 16.9 Å². The van der Waals surface area contributed by atoms with Gasteiger partial charge in [0.05, 0.1) is 5.56 Å². The summed E-state index contributed by atoms with van der Waals surface area (Å²) in [6.45, 7) is 1.15. The third-order valence-corrected chi connectivity index (χ3v) is 2.40. The number of para-hydroxylation sites is 1. The van der Waals surface area contributed by atoms with E-state index < -0.39 is 29.8 Å². The minimum atomic E-state index is -4.68. The molecule has 22 heavy (non-hydrogen) atoms. The second-order valence-electron chi connectivity index (χ2n) is 4.08. The van der Waals surface area contributed by atoms with Crippen LogP contribution in [0.1, 0.15) is 23.0 Å². The summed E-state index contributed by atoms with van der Waals surface area (Å²) in [5, 5.41) is 2.06. The number of aromatic nitrogens is 1. The van der Waals surface area contributed by atoms with E-state index in [9.17, 15) is 22.8 Å². The van der Waals surface area contributed by atoms with Gasteiger partial charge in [0.1, 0.15) is 12.0 Å². The summed E-state index contributed by atoms with van der Waals surface area (Å²) in [6.07, 6.45) is -4.30. The van der Waals surface area contributed by atoms with Crippen molar-refractivity contribution in [2.75, 3.05) is 5.32 Å². The highest BCUT2D eigenvalue weighted by molar-refractivity contribution is 6.05. The smallest absolute Gasteiger partial charge is 0.431 e. The van der Waals surface area contributed by atoms with Gasteiger partial charge in [0.25, 0.3) is 5.91 Å². The topological polar surface area (TPSA) is 81.4 Å². The van der Waals surface area contributed by atoms with Gasteiger partial charge in [-0.1, -0.05) is 12.1 Å². The summed E-state index contributed by atoms with van der Waals surface area (Å²) in [6, 6.07) is 5.12. The molecule has 2 rings (SSSR count). The Morgan fingerprint density at radius 2 is 1.95 bits per heavy atom. The van der Waals surface area contributed by atoms with Crippen LogP contribution in [0.2, 0.25) is 0 Å². The summed E-state index contributed by atoms with van der Waals surface area (Å²) in [5.74, 6) is -1.50. The molecule has 0 bridgehead atoms. The second kappa shape index (κ2) is 5.88. The normalized spacial score (nSPS) is 11.1. The number of oxazole rings is 1. The van der Waals surface area contributed by atoms with E-state index in [1.807, 2.05) is 0 Å². The van der Waals surface area contributed by atoms with Crippen molar-refractivity contribution in [1.82, 2.24) is 4.98 Å². The Morgan fingerprint density at radius 3 is 2.55 bits per heavy atom. The van der Waals surface area contributed by atoms with Crippen LogP contribution in [0.25, 0.3) is 0 Å². The SMILES string of the molecule is CC(=O)Oc1ccccc1C(=O)Nc1nc(C(F)(F)F)co1. The van der Waals surface area contributed by atoms with Crippen molar-refractivity contribution < 1.29 is 31.9 Å². The van der Waals surface area contributed by atoms with Crippen molar-refractivity contribution in [3.05, 3.63) is 41.8 Å². The van der Waals surface area contributed by atoms with Crippen molar-refractivity contribution in [3.63, 3.8) is 0 Å². The fourth-order valence-corrected chi connectivity index (χ4v) is 1.52. The number of nitrogens with zero attached hydrogens (tertiary/aromatic N) is 1. The number of carbonyl (C=O) groups excluding carboxylic acids is 2. The first kappa shape index (κ1) is 15.5. The number of nitrogens with one attached hydrogen (secondary N) is 1. The molecule has 0 radical (unpaired) electrons. The van der Waals surface area contributed by atoms with Gasteiger partial charge in [-0.15, -0.1) is 0 Å². The minimum Gasteiger partial charge on any atom is -0.431 e. The number of benzene rings is 1. The molecule has 1 aromatic heterocycles. The molecule has 0 aliphatic carbocycles. The molecule has 0 spiro atoms.